The van der Waals surface area contributed by atoms with Crippen LogP contribution in [0.25, 0.3) is 0 Å². The molecular formula is C11H14N2O5S. The van der Waals surface area contributed by atoms with Crippen LogP contribution in [0, 0.1) is 0 Å². The quantitative estimate of drug-likeness (QED) is 0.774. The number of aromatic amines is 1. The highest BCUT2D eigenvalue weighted by Crippen LogP contribution is 2.25. The molecule has 0 radical (unpaired) electrons. The molecule has 2 rings (SSSR count). The normalized spacial score (nSPS) is 21.2. The van der Waals surface area contributed by atoms with Crippen molar-refractivity contribution in [1.29, 1.82) is 0 Å². The van der Waals surface area contributed by atoms with Gasteiger partial charge in [0, 0.05) is 12.1 Å². The summed E-state index contributed by atoms with van der Waals surface area (Å²) in [6.45, 7) is 1.80. The number of nitrogens with zero attached hydrogens (tertiary/aromatic N) is 1. The van der Waals surface area contributed by atoms with Crippen LogP contribution in [0.15, 0.2) is 11.0 Å². The van der Waals surface area contributed by atoms with Crippen molar-refractivity contribution in [1.82, 2.24) is 9.97 Å². The first-order chi connectivity index (χ1) is 8.93. The van der Waals surface area contributed by atoms with E-state index in [-0.39, 0.29) is 29.6 Å². The summed E-state index contributed by atoms with van der Waals surface area (Å²) in [7, 11) is -3.05. The van der Waals surface area contributed by atoms with Gasteiger partial charge in [0.15, 0.2) is 9.84 Å². The predicted molar refractivity (Wildman–Crippen MR) is 66.8 cm³/mol. The second-order valence-corrected chi connectivity index (χ2v) is 6.56. The summed E-state index contributed by atoms with van der Waals surface area (Å²) >= 11 is 0. The van der Waals surface area contributed by atoms with E-state index in [1.165, 1.54) is 0 Å². The highest BCUT2D eigenvalue weighted by Gasteiger charge is 2.31. The monoisotopic (exact) mass is 286 g/mol. The Morgan fingerprint density at radius 1 is 1.58 bits per heavy atom. The summed E-state index contributed by atoms with van der Waals surface area (Å²) in [5.74, 6) is -0.662. The van der Waals surface area contributed by atoms with E-state index in [4.69, 9.17) is 4.74 Å². The third-order valence-electron chi connectivity index (χ3n) is 2.93. The predicted octanol–water partition coefficient (Wildman–Crippen LogP) is -0.151. The van der Waals surface area contributed by atoms with Crippen LogP contribution in [0.4, 0.5) is 0 Å². The maximum atomic E-state index is 11.7. The van der Waals surface area contributed by atoms with Gasteiger partial charge in [0.1, 0.15) is 11.4 Å². The van der Waals surface area contributed by atoms with Crippen LogP contribution in [-0.4, -0.2) is 42.5 Å². The fraction of sp³-hybridized carbons (Fsp3) is 0.545. The van der Waals surface area contributed by atoms with Gasteiger partial charge in [-0.1, -0.05) is 0 Å². The van der Waals surface area contributed by atoms with Crippen molar-refractivity contribution in [3.05, 3.63) is 27.9 Å². The Labute approximate surface area is 109 Å². The summed E-state index contributed by atoms with van der Waals surface area (Å²) < 4.78 is 27.4. The summed E-state index contributed by atoms with van der Waals surface area (Å²) in [4.78, 5) is 29.6. The molecule has 0 amide bonds. The van der Waals surface area contributed by atoms with Crippen molar-refractivity contribution in [2.75, 3.05) is 18.1 Å². The third kappa shape index (κ3) is 3.01. The van der Waals surface area contributed by atoms with Crippen LogP contribution in [0.1, 0.15) is 35.4 Å². The van der Waals surface area contributed by atoms with Crippen LogP contribution in [0.5, 0.6) is 0 Å². The average Bonchev–Trinajstić information content (AvgIpc) is 2.70. The van der Waals surface area contributed by atoms with E-state index < -0.39 is 21.4 Å². The maximum absolute atomic E-state index is 11.7. The average molecular weight is 286 g/mol. The smallest absolute Gasteiger partial charge is 0.345 e. The van der Waals surface area contributed by atoms with Gasteiger partial charge in [-0.15, -0.1) is 0 Å². The fourth-order valence-electron chi connectivity index (χ4n) is 1.98. The molecule has 104 valence electrons. The number of sulfone groups is 1. The number of nitrogens with one attached hydrogen (secondary N) is 1. The Bertz CT molecular complexity index is 649. The van der Waals surface area contributed by atoms with Crippen molar-refractivity contribution in [3.63, 3.8) is 0 Å². The minimum atomic E-state index is -3.05. The lowest BCUT2D eigenvalue weighted by Gasteiger charge is -2.07. The molecule has 1 atom stereocenters. The lowest BCUT2D eigenvalue weighted by Crippen LogP contribution is -2.23. The van der Waals surface area contributed by atoms with Gasteiger partial charge in [0.2, 0.25) is 0 Å². The minimum Gasteiger partial charge on any atom is -0.462 e. The fourth-order valence-corrected chi connectivity index (χ4v) is 3.73. The molecule has 7 nitrogen and oxygen atoms in total. The SMILES string of the molecule is CCOC(=O)c1cnc(C2CCS(=O)(=O)C2)[nH]c1=O. The molecule has 1 N–H and O–H groups in total. The Kier molecular flexibility index (Phi) is 3.70. The molecule has 0 spiro atoms. The first kappa shape index (κ1) is 13.7. The van der Waals surface area contributed by atoms with Crippen LogP contribution in [-0.2, 0) is 14.6 Å². The molecule has 19 heavy (non-hydrogen) atoms. The zero-order chi connectivity index (χ0) is 14.0. The molecule has 0 aliphatic carbocycles. The number of hydrogen-bond donors (Lipinski definition) is 1. The standard InChI is InChI=1S/C11H14N2O5S/c1-2-18-11(15)8-5-12-9(13-10(8)14)7-3-4-19(16,17)6-7/h5,7H,2-4,6H2,1H3,(H,12,13,14). The van der Waals surface area contributed by atoms with E-state index >= 15 is 0 Å². The van der Waals surface area contributed by atoms with E-state index in [0.717, 1.165) is 6.20 Å². The van der Waals surface area contributed by atoms with E-state index in [1.807, 2.05) is 0 Å². The molecule has 0 saturated carbocycles. The number of ether oxygens (including phenoxy) is 1. The minimum absolute atomic E-state index is 0.0192. The van der Waals surface area contributed by atoms with Crippen molar-refractivity contribution >= 4 is 15.8 Å². The second kappa shape index (κ2) is 5.12. The maximum Gasteiger partial charge on any atom is 0.345 e. The number of aromatic nitrogens is 2. The Morgan fingerprint density at radius 3 is 2.84 bits per heavy atom. The van der Waals surface area contributed by atoms with Gasteiger partial charge < -0.3 is 9.72 Å². The zero-order valence-corrected chi connectivity index (χ0v) is 11.2. The Balaban J connectivity index is 2.25. The van der Waals surface area contributed by atoms with Gasteiger partial charge in [0.05, 0.1) is 18.1 Å². The summed E-state index contributed by atoms with van der Waals surface area (Å²) in [5, 5.41) is 0. The first-order valence-corrected chi connectivity index (χ1v) is 7.72. The largest absolute Gasteiger partial charge is 0.462 e. The zero-order valence-electron chi connectivity index (χ0n) is 10.4. The van der Waals surface area contributed by atoms with Gasteiger partial charge >= 0.3 is 5.97 Å². The molecule has 0 bridgehead atoms. The van der Waals surface area contributed by atoms with Crippen molar-refractivity contribution in [2.24, 2.45) is 0 Å². The van der Waals surface area contributed by atoms with E-state index in [9.17, 15) is 18.0 Å². The molecule has 1 fully saturated rings. The Hall–Kier alpha value is -1.70. The van der Waals surface area contributed by atoms with Crippen LogP contribution >= 0.6 is 0 Å². The summed E-state index contributed by atoms with van der Waals surface area (Å²) in [5.41, 5.74) is -0.779. The summed E-state index contributed by atoms with van der Waals surface area (Å²) in [6.07, 6.45) is 1.57. The Morgan fingerprint density at radius 2 is 2.32 bits per heavy atom. The molecule has 1 unspecified atom stereocenters. The van der Waals surface area contributed by atoms with Crippen molar-refractivity contribution in [2.45, 2.75) is 19.3 Å². The molecule has 1 aliphatic rings. The second-order valence-electron chi connectivity index (χ2n) is 4.33. The molecule has 2 heterocycles. The lowest BCUT2D eigenvalue weighted by molar-refractivity contribution is 0.0523. The van der Waals surface area contributed by atoms with E-state index in [2.05, 4.69) is 9.97 Å². The molecule has 1 saturated heterocycles. The van der Waals surface area contributed by atoms with Gasteiger partial charge in [0.25, 0.3) is 5.56 Å². The van der Waals surface area contributed by atoms with Crippen molar-refractivity contribution in [3.8, 4) is 0 Å². The van der Waals surface area contributed by atoms with E-state index in [1.54, 1.807) is 6.92 Å². The van der Waals surface area contributed by atoms with Crippen molar-refractivity contribution < 1.29 is 17.9 Å². The van der Waals surface area contributed by atoms with Gasteiger partial charge in [-0.2, -0.15) is 0 Å². The molecule has 0 aromatic carbocycles. The topological polar surface area (TPSA) is 106 Å². The molecule has 1 aromatic rings. The molecule has 8 heteroatoms. The molecule has 1 aromatic heterocycles. The van der Waals surface area contributed by atoms with Crippen LogP contribution in [0.3, 0.4) is 0 Å². The van der Waals surface area contributed by atoms with E-state index in [0.29, 0.717) is 12.2 Å². The van der Waals surface area contributed by atoms with Gasteiger partial charge in [-0.3, -0.25) is 4.79 Å². The number of esters is 1. The number of carbonyl (C=O) groups excluding carboxylic acids is 1. The highest BCUT2D eigenvalue weighted by molar-refractivity contribution is 7.91. The van der Waals surface area contributed by atoms with Crippen LogP contribution < -0.4 is 5.56 Å². The number of carbonyl (C=O) groups is 1. The number of rotatable bonds is 3. The summed E-state index contributed by atoms with van der Waals surface area (Å²) in [6, 6.07) is 0. The first-order valence-electron chi connectivity index (χ1n) is 5.89. The number of hydrogen-bond acceptors (Lipinski definition) is 6. The molecular weight excluding hydrogens is 272 g/mol. The third-order valence-corrected chi connectivity index (χ3v) is 4.70. The van der Waals surface area contributed by atoms with Crippen LogP contribution in [0.2, 0.25) is 0 Å². The number of H-pyrrole nitrogens is 1. The molecule has 1 aliphatic heterocycles. The van der Waals surface area contributed by atoms with Gasteiger partial charge in [-0.05, 0) is 13.3 Å². The van der Waals surface area contributed by atoms with Gasteiger partial charge in [-0.25, -0.2) is 18.2 Å². The highest BCUT2D eigenvalue weighted by atomic mass is 32.2. The lowest BCUT2D eigenvalue weighted by atomic mass is 10.1.